The van der Waals surface area contributed by atoms with Gasteiger partial charge in [-0.2, -0.15) is 0 Å². The molecule has 0 saturated heterocycles. The number of hydrogen-bond donors (Lipinski definition) is 3. The topological polar surface area (TPSA) is 83.8 Å². The molecular weight excluding hydrogens is 230 g/mol. The predicted octanol–water partition coefficient (Wildman–Crippen LogP) is 1.66. The summed E-state index contributed by atoms with van der Waals surface area (Å²) in [5.74, 6) is 0.121. The molecule has 4 N–H and O–H groups in total. The number of rotatable bonds is 5. The highest BCUT2D eigenvalue weighted by Crippen LogP contribution is 2.08. The molecular formula is C13H15N3O2. The van der Waals surface area contributed by atoms with Crippen molar-refractivity contribution >= 4 is 5.84 Å². The Balaban J connectivity index is 2.01. The third-order valence-corrected chi connectivity index (χ3v) is 2.63. The molecule has 0 bridgehead atoms. The van der Waals surface area contributed by atoms with Crippen LogP contribution in [-0.2, 0) is 13.1 Å². The van der Waals surface area contributed by atoms with Gasteiger partial charge in [0, 0.05) is 24.2 Å². The normalized spacial score (nSPS) is 11.7. The predicted molar refractivity (Wildman–Crippen MR) is 68.2 cm³/mol. The quantitative estimate of drug-likeness (QED) is 0.324. The molecule has 0 saturated carbocycles. The van der Waals surface area contributed by atoms with E-state index in [1.807, 2.05) is 30.3 Å². The SMILES string of the molecule is N/C(=N/O)c1ccccc1CNCc1ccoc1. The van der Waals surface area contributed by atoms with E-state index in [-0.39, 0.29) is 5.84 Å². The van der Waals surface area contributed by atoms with Crippen LogP contribution in [0, 0.1) is 0 Å². The van der Waals surface area contributed by atoms with Gasteiger partial charge in [-0.1, -0.05) is 29.4 Å². The Morgan fingerprint density at radius 3 is 2.83 bits per heavy atom. The fourth-order valence-electron chi connectivity index (χ4n) is 1.71. The van der Waals surface area contributed by atoms with Crippen LogP contribution in [-0.4, -0.2) is 11.0 Å². The summed E-state index contributed by atoms with van der Waals surface area (Å²) in [6.07, 6.45) is 3.34. The molecule has 5 heteroatoms. The number of nitrogens with zero attached hydrogens (tertiary/aromatic N) is 1. The van der Waals surface area contributed by atoms with Crippen molar-refractivity contribution in [2.45, 2.75) is 13.1 Å². The smallest absolute Gasteiger partial charge is 0.170 e. The van der Waals surface area contributed by atoms with E-state index in [2.05, 4.69) is 10.5 Å². The summed E-state index contributed by atoms with van der Waals surface area (Å²) in [6, 6.07) is 9.44. The molecule has 0 atom stereocenters. The van der Waals surface area contributed by atoms with E-state index in [4.69, 9.17) is 15.4 Å². The van der Waals surface area contributed by atoms with Crippen molar-refractivity contribution < 1.29 is 9.62 Å². The summed E-state index contributed by atoms with van der Waals surface area (Å²) in [6.45, 7) is 1.35. The number of oxime groups is 1. The minimum atomic E-state index is 0.121. The van der Waals surface area contributed by atoms with Crippen LogP contribution in [0.15, 0.2) is 52.4 Å². The van der Waals surface area contributed by atoms with Crippen LogP contribution in [0.3, 0.4) is 0 Å². The molecule has 0 fully saturated rings. The first-order valence-electron chi connectivity index (χ1n) is 5.59. The van der Waals surface area contributed by atoms with Crippen molar-refractivity contribution in [1.82, 2.24) is 5.32 Å². The molecule has 2 aromatic rings. The molecule has 1 aromatic heterocycles. The number of hydrogen-bond acceptors (Lipinski definition) is 4. The van der Waals surface area contributed by atoms with E-state index in [1.54, 1.807) is 12.5 Å². The van der Waals surface area contributed by atoms with Gasteiger partial charge in [-0.05, 0) is 11.6 Å². The lowest BCUT2D eigenvalue weighted by molar-refractivity contribution is 0.318. The molecule has 1 aromatic carbocycles. The summed E-state index contributed by atoms with van der Waals surface area (Å²) in [5, 5.41) is 15.0. The second-order valence-corrected chi connectivity index (χ2v) is 3.88. The molecule has 94 valence electrons. The fraction of sp³-hybridized carbons (Fsp3) is 0.154. The van der Waals surface area contributed by atoms with Crippen LogP contribution in [0.1, 0.15) is 16.7 Å². The van der Waals surface area contributed by atoms with Crippen molar-refractivity contribution in [1.29, 1.82) is 0 Å². The zero-order valence-electron chi connectivity index (χ0n) is 9.84. The Labute approximate surface area is 105 Å². The molecule has 0 amide bonds. The molecule has 5 nitrogen and oxygen atoms in total. The molecule has 0 spiro atoms. The Morgan fingerprint density at radius 1 is 1.28 bits per heavy atom. The van der Waals surface area contributed by atoms with E-state index in [0.717, 1.165) is 16.7 Å². The lowest BCUT2D eigenvalue weighted by Crippen LogP contribution is -2.19. The average molecular weight is 245 g/mol. The Hall–Kier alpha value is -2.27. The van der Waals surface area contributed by atoms with E-state index in [0.29, 0.717) is 13.1 Å². The van der Waals surface area contributed by atoms with Gasteiger partial charge in [-0.3, -0.25) is 0 Å². The Kier molecular flexibility index (Phi) is 3.98. The highest BCUT2D eigenvalue weighted by Gasteiger charge is 2.05. The molecule has 18 heavy (non-hydrogen) atoms. The van der Waals surface area contributed by atoms with Crippen LogP contribution >= 0.6 is 0 Å². The third kappa shape index (κ3) is 2.89. The van der Waals surface area contributed by atoms with Gasteiger partial charge in [0.25, 0.3) is 0 Å². The number of furan rings is 1. The van der Waals surface area contributed by atoms with Crippen molar-refractivity contribution in [3.05, 3.63) is 59.5 Å². The van der Waals surface area contributed by atoms with Gasteiger partial charge in [-0.25, -0.2) is 0 Å². The lowest BCUT2D eigenvalue weighted by atomic mass is 10.1. The van der Waals surface area contributed by atoms with Gasteiger partial charge < -0.3 is 20.7 Å². The standard InChI is InChI=1S/C13H15N3O2/c14-13(16-17)12-4-2-1-3-11(12)8-15-7-10-5-6-18-9-10/h1-6,9,15,17H,7-8H2,(H2,14,16). The van der Waals surface area contributed by atoms with Gasteiger partial charge in [0.2, 0.25) is 0 Å². The van der Waals surface area contributed by atoms with Gasteiger partial charge in [0.1, 0.15) is 0 Å². The van der Waals surface area contributed by atoms with Crippen LogP contribution < -0.4 is 11.1 Å². The maximum atomic E-state index is 8.72. The van der Waals surface area contributed by atoms with E-state index >= 15 is 0 Å². The Morgan fingerprint density at radius 2 is 2.11 bits per heavy atom. The zero-order valence-corrected chi connectivity index (χ0v) is 9.84. The lowest BCUT2D eigenvalue weighted by Gasteiger charge is -2.08. The molecule has 2 rings (SSSR count). The van der Waals surface area contributed by atoms with Crippen molar-refractivity contribution in [2.24, 2.45) is 10.9 Å². The number of benzene rings is 1. The van der Waals surface area contributed by atoms with Crippen LogP contribution in [0.2, 0.25) is 0 Å². The number of nitrogens with one attached hydrogen (secondary N) is 1. The first-order chi connectivity index (χ1) is 8.81. The molecule has 0 radical (unpaired) electrons. The number of nitrogens with two attached hydrogens (primary N) is 1. The molecule has 1 heterocycles. The summed E-state index contributed by atoms with van der Waals surface area (Å²) < 4.78 is 4.98. The van der Waals surface area contributed by atoms with E-state index < -0.39 is 0 Å². The molecule has 0 aliphatic rings. The highest BCUT2D eigenvalue weighted by molar-refractivity contribution is 5.98. The summed E-state index contributed by atoms with van der Waals surface area (Å²) in [5.41, 5.74) is 8.42. The maximum Gasteiger partial charge on any atom is 0.170 e. The minimum Gasteiger partial charge on any atom is -0.472 e. The van der Waals surface area contributed by atoms with Crippen LogP contribution in [0.4, 0.5) is 0 Å². The Bertz CT molecular complexity index is 521. The first kappa shape index (κ1) is 12.2. The second kappa shape index (κ2) is 5.88. The summed E-state index contributed by atoms with van der Waals surface area (Å²) in [7, 11) is 0. The number of amidine groups is 1. The highest BCUT2D eigenvalue weighted by atomic mass is 16.4. The van der Waals surface area contributed by atoms with Crippen molar-refractivity contribution in [2.75, 3.05) is 0 Å². The molecule has 0 aliphatic carbocycles. The van der Waals surface area contributed by atoms with Gasteiger partial charge >= 0.3 is 0 Å². The van der Waals surface area contributed by atoms with Crippen molar-refractivity contribution in [3.63, 3.8) is 0 Å². The van der Waals surface area contributed by atoms with Gasteiger partial charge in [0.15, 0.2) is 5.84 Å². The monoisotopic (exact) mass is 245 g/mol. The maximum absolute atomic E-state index is 8.72. The summed E-state index contributed by atoms with van der Waals surface area (Å²) in [4.78, 5) is 0. The molecule has 0 aliphatic heterocycles. The summed E-state index contributed by atoms with van der Waals surface area (Å²) >= 11 is 0. The first-order valence-corrected chi connectivity index (χ1v) is 5.59. The van der Waals surface area contributed by atoms with Crippen LogP contribution in [0.5, 0.6) is 0 Å². The average Bonchev–Trinajstić information content (AvgIpc) is 2.92. The van der Waals surface area contributed by atoms with Crippen LogP contribution in [0.25, 0.3) is 0 Å². The molecule has 0 unspecified atom stereocenters. The van der Waals surface area contributed by atoms with Gasteiger partial charge in [-0.15, -0.1) is 0 Å². The van der Waals surface area contributed by atoms with Crippen molar-refractivity contribution in [3.8, 4) is 0 Å². The second-order valence-electron chi connectivity index (χ2n) is 3.88. The minimum absolute atomic E-state index is 0.121. The fourth-order valence-corrected chi connectivity index (χ4v) is 1.71. The largest absolute Gasteiger partial charge is 0.472 e. The van der Waals surface area contributed by atoms with E-state index in [9.17, 15) is 0 Å². The third-order valence-electron chi connectivity index (χ3n) is 2.63. The van der Waals surface area contributed by atoms with E-state index in [1.165, 1.54) is 0 Å². The zero-order chi connectivity index (χ0) is 12.8. The van der Waals surface area contributed by atoms with Gasteiger partial charge in [0.05, 0.1) is 12.5 Å².